The molecule has 0 aromatic carbocycles. The Morgan fingerprint density at radius 2 is 2.10 bits per heavy atom. The van der Waals surface area contributed by atoms with Crippen LogP contribution in [-0.2, 0) is 11.8 Å². The van der Waals surface area contributed by atoms with Gasteiger partial charge in [0.1, 0.15) is 0 Å². The van der Waals surface area contributed by atoms with E-state index in [1.54, 1.807) is 24.0 Å². The highest BCUT2D eigenvalue weighted by atomic mass is 16.4. The second-order valence-electron chi connectivity index (χ2n) is 5.27. The zero-order chi connectivity index (χ0) is 14.5. The second kappa shape index (κ2) is 6.40. The van der Waals surface area contributed by atoms with Crippen LogP contribution in [0.5, 0.6) is 0 Å². The molecule has 0 spiro atoms. The van der Waals surface area contributed by atoms with Crippen molar-refractivity contribution in [2.24, 2.45) is 18.9 Å². The van der Waals surface area contributed by atoms with E-state index in [9.17, 15) is 9.59 Å². The maximum atomic E-state index is 11.7. The Morgan fingerprint density at radius 3 is 2.65 bits per heavy atom. The number of nitrogens with one attached hydrogen (secondary N) is 2. The molecule has 1 aromatic heterocycles. The lowest BCUT2D eigenvalue weighted by Crippen LogP contribution is -2.35. The largest absolute Gasteiger partial charge is 0.481 e. The van der Waals surface area contributed by atoms with Gasteiger partial charge in [0.25, 0.3) is 0 Å². The number of aliphatic carboxylic acids is 1. The van der Waals surface area contributed by atoms with E-state index in [2.05, 4.69) is 15.7 Å². The lowest BCUT2D eigenvalue weighted by atomic mass is 9.82. The number of aromatic nitrogens is 2. The van der Waals surface area contributed by atoms with E-state index >= 15 is 0 Å². The van der Waals surface area contributed by atoms with Crippen molar-refractivity contribution in [2.75, 3.05) is 11.9 Å². The van der Waals surface area contributed by atoms with Crippen LogP contribution in [0.3, 0.4) is 0 Å². The molecule has 2 rings (SSSR count). The highest BCUT2D eigenvalue weighted by Gasteiger charge is 2.25. The van der Waals surface area contributed by atoms with Crippen LogP contribution in [0.4, 0.5) is 10.6 Å². The molecule has 1 aromatic rings. The molecule has 0 aliphatic heterocycles. The van der Waals surface area contributed by atoms with E-state index in [-0.39, 0.29) is 11.9 Å². The normalized spacial score (nSPS) is 22.2. The lowest BCUT2D eigenvalue weighted by molar-refractivity contribution is -0.143. The standard InChI is InChI=1S/C13H20N4O3/c1-17-7-6-11(16-17)15-13(20)14-8-9-2-4-10(5-3-9)12(18)19/h6-7,9-10H,2-5,8H2,1H3,(H,18,19)(H2,14,15,16,20). The Labute approximate surface area is 117 Å². The third-order valence-electron chi connectivity index (χ3n) is 3.70. The van der Waals surface area contributed by atoms with Gasteiger partial charge in [0, 0.05) is 25.9 Å². The fraction of sp³-hybridized carbons (Fsp3) is 0.615. The summed E-state index contributed by atoms with van der Waals surface area (Å²) in [5.41, 5.74) is 0. The van der Waals surface area contributed by atoms with Crippen LogP contribution in [0.15, 0.2) is 12.3 Å². The molecule has 0 bridgehead atoms. The molecule has 0 saturated heterocycles. The zero-order valence-corrected chi connectivity index (χ0v) is 11.5. The number of hydrogen-bond donors (Lipinski definition) is 3. The van der Waals surface area contributed by atoms with Crippen molar-refractivity contribution >= 4 is 17.8 Å². The van der Waals surface area contributed by atoms with Crippen molar-refractivity contribution < 1.29 is 14.7 Å². The third-order valence-corrected chi connectivity index (χ3v) is 3.70. The fourth-order valence-electron chi connectivity index (χ4n) is 2.49. The Kier molecular flexibility index (Phi) is 4.60. The van der Waals surface area contributed by atoms with E-state index in [0.717, 1.165) is 12.8 Å². The summed E-state index contributed by atoms with van der Waals surface area (Å²) in [5, 5.41) is 18.4. The molecule has 0 radical (unpaired) electrons. The van der Waals surface area contributed by atoms with Gasteiger partial charge in [-0.2, -0.15) is 5.10 Å². The van der Waals surface area contributed by atoms with Crippen LogP contribution < -0.4 is 10.6 Å². The second-order valence-corrected chi connectivity index (χ2v) is 5.27. The molecular formula is C13H20N4O3. The number of anilines is 1. The zero-order valence-electron chi connectivity index (χ0n) is 11.5. The number of carbonyl (C=O) groups excluding carboxylic acids is 1. The monoisotopic (exact) mass is 280 g/mol. The summed E-state index contributed by atoms with van der Waals surface area (Å²) in [6, 6.07) is 1.45. The topological polar surface area (TPSA) is 96.2 Å². The van der Waals surface area contributed by atoms with Gasteiger partial charge in [-0.05, 0) is 31.6 Å². The van der Waals surface area contributed by atoms with Crippen molar-refractivity contribution in [1.82, 2.24) is 15.1 Å². The van der Waals surface area contributed by atoms with Gasteiger partial charge in [-0.25, -0.2) is 4.79 Å². The summed E-state index contributed by atoms with van der Waals surface area (Å²) in [7, 11) is 1.78. The number of nitrogens with zero attached hydrogens (tertiary/aromatic N) is 2. The maximum absolute atomic E-state index is 11.7. The molecule has 110 valence electrons. The average Bonchev–Trinajstić information content (AvgIpc) is 2.82. The van der Waals surface area contributed by atoms with Crippen LogP contribution in [0.25, 0.3) is 0 Å². The summed E-state index contributed by atoms with van der Waals surface area (Å²) in [4.78, 5) is 22.5. The van der Waals surface area contributed by atoms with Gasteiger partial charge in [0.2, 0.25) is 0 Å². The minimum Gasteiger partial charge on any atom is -0.481 e. The Bertz CT molecular complexity index is 478. The van der Waals surface area contributed by atoms with Gasteiger partial charge in [-0.1, -0.05) is 0 Å². The minimum atomic E-state index is -0.704. The Morgan fingerprint density at radius 1 is 1.40 bits per heavy atom. The van der Waals surface area contributed by atoms with Crippen LogP contribution in [-0.4, -0.2) is 33.4 Å². The molecule has 20 heavy (non-hydrogen) atoms. The number of carboxylic acid groups (broad SMARTS) is 1. The van der Waals surface area contributed by atoms with E-state index in [1.165, 1.54) is 0 Å². The number of carboxylic acids is 1. The number of amides is 2. The molecule has 2 amide bonds. The molecule has 1 saturated carbocycles. The summed E-state index contributed by atoms with van der Waals surface area (Å²) in [6.07, 6.45) is 4.84. The highest BCUT2D eigenvalue weighted by molar-refractivity contribution is 5.88. The molecule has 1 aliphatic carbocycles. The first-order chi connectivity index (χ1) is 9.54. The molecule has 1 heterocycles. The van der Waals surface area contributed by atoms with E-state index in [0.29, 0.717) is 31.1 Å². The number of urea groups is 1. The average molecular weight is 280 g/mol. The number of hydrogen-bond acceptors (Lipinski definition) is 3. The third kappa shape index (κ3) is 3.97. The van der Waals surface area contributed by atoms with Crippen LogP contribution >= 0.6 is 0 Å². The first kappa shape index (κ1) is 14.4. The molecule has 7 heteroatoms. The SMILES string of the molecule is Cn1ccc(NC(=O)NCC2CCC(C(=O)O)CC2)n1. The minimum absolute atomic E-state index is 0.214. The molecule has 1 aliphatic rings. The summed E-state index contributed by atoms with van der Waals surface area (Å²) >= 11 is 0. The fourth-order valence-corrected chi connectivity index (χ4v) is 2.49. The Balaban J connectivity index is 1.68. The van der Waals surface area contributed by atoms with E-state index in [4.69, 9.17) is 5.11 Å². The van der Waals surface area contributed by atoms with Crippen LogP contribution in [0.2, 0.25) is 0 Å². The van der Waals surface area contributed by atoms with Crippen molar-refractivity contribution in [3.8, 4) is 0 Å². The maximum Gasteiger partial charge on any atom is 0.320 e. The van der Waals surface area contributed by atoms with Crippen molar-refractivity contribution in [3.63, 3.8) is 0 Å². The summed E-state index contributed by atoms with van der Waals surface area (Å²) in [5.74, 6) is -0.0439. The molecule has 0 unspecified atom stereocenters. The molecule has 0 atom stereocenters. The smallest absolute Gasteiger partial charge is 0.320 e. The van der Waals surface area contributed by atoms with E-state index in [1.807, 2.05) is 0 Å². The molecule has 3 N–H and O–H groups in total. The van der Waals surface area contributed by atoms with Gasteiger partial charge in [-0.15, -0.1) is 0 Å². The number of rotatable bonds is 4. The van der Waals surface area contributed by atoms with Crippen LogP contribution in [0.1, 0.15) is 25.7 Å². The van der Waals surface area contributed by atoms with Gasteiger partial charge >= 0.3 is 12.0 Å². The predicted octanol–water partition coefficient (Wildman–Crippen LogP) is 1.43. The van der Waals surface area contributed by atoms with E-state index < -0.39 is 5.97 Å². The van der Waals surface area contributed by atoms with Crippen molar-refractivity contribution in [2.45, 2.75) is 25.7 Å². The predicted molar refractivity (Wildman–Crippen MR) is 73.3 cm³/mol. The molecule has 7 nitrogen and oxygen atoms in total. The summed E-state index contributed by atoms with van der Waals surface area (Å²) < 4.78 is 1.61. The summed E-state index contributed by atoms with van der Waals surface area (Å²) in [6.45, 7) is 0.574. The molecule has 1 fully saturated rings. The van der Waals surface area contributed by atoms with Crippen LogP contribution in [0, 0.1) is 11.8 Å². The Hall–Kier alpha value is -2.05. The molecular weight excluding hydrogens is 260 g/mol. The van der Waals surface area contributed by atoms with Gasteiger partial charge in [0.05, 0.1) is 5.92 Å². The van der Waals surface area contributed by atoms with Crippen molar-refractivity contribution in [1.29, 1.82) is 0 Å². The van der Waals surface area contributed by atoms with Crippen molar-refractivity contribution in [3.05, 3.63) is 12.3 Å². The van der Waals surface area contributed by atoms with Gasteiger partial charge in [-0.3, -0.25) is 14.8 Å². The van der Waals surface area contributed by atoms with Gasteiger partial charge < -0.3 is 10.4 Å². The quantitative estimate of drug-likeness (QED) is 0.777. The number of carbonyl (C=O) groups is 2. The first-order valence-electron chi connectivity index (χ1n) is 6.82. The first-order valence-corrected chi connectivity index (χ1v) is 6.82. The van der Waals surface area contributed by atoms with Gasteiger partial charge in [0.15, 0.2) is 5.82 Å². The number of aryl methyl sites for hydroxylation is 1. The lowest BCUT2D eigenvalue weighted by Gasteiger charge is -2.26. The highest BCUT2D eigenvalue weighted by Crippen LogP contribution is 2.28.